The van der Waals surface area contributed by atoms with Crippen LogP contribution in [0.5, 0.6) is 11.5 Å². The summed E-state index contributed by atoms with van der Waals surface area (Å²) in [4.78, 5) is 51.8. The second kappa shape index (κ2) is 18.0. The van der Waals surface area contributed by atoms with Crippen molar-refractivity contribution in [1.29, 1.82) is 5.26 Å². The smallest absolute Gasteiger partial charge is 0.255 e. The zero-order chi connectivity index (χ0) is 40.6. The summed E-state index contributed by atoms with van der Waals surface area (Å²) >= 11 is 0. The molecule has 7 rings (SSSR count). The lowest BCUT2D eigenvalue weighted by Gasteiger charge is -2.29. The molecule has 0 bridgehead atoms. The first kappa shape index (κ1) is 39.4. The summed E-state index contributed by atoms with van der Waals surface area (Å²) in [6.07, 6.45) is 1.18. The summed E-state index contributed by atoms with van der Waals surface area (Å²) in [6, 6.07) is 31.8. The third-order valence-electron chi connectivity index (χ3n) is 10.4. The number of anilines is 1. The molecule has 2 aliphatic heterocycles. The maximum Gasteiger partial charge on any atom is 0.255 e. The van der Waals surface area contributed by atoms with Gasteiger partial charge in [-0.25, -0.2) is 4.39 Å². The lowest BCUT2D eigenvalue weighted by Crippen LogP contribution is -2.52. The van der Waals surface area contributed by atoms with Gasteiger partial charge in [-0.2, -0.15) is 5.26 Å². The van der Waals surface area contributed by atoms with Gasteiger partial charge in [0.15, 0.2) is 0 Å². The van der Waals surface area contributed by atoms with Gasteiger partial charge < -0.3 is 25.0 Å². The summed E-state index contributed by atoms with van der Waals surface area (Å²) in [5.41, 5.74) is 7.04. The van der Waals surface area contributed by atoms with Crippen molar-refractivity contribution in [2.45, 2.75) is 65.0 Å². The zero-order valence-corrected chi connectivity index (χ0v) is 32.0. The molecule has 0 radical (unpaired) electrons. The number of nitriles is 1. The average Bonchev–Trinajstić information content (AvgIpc) is 3.56. The highest BCUT2D eigenvalue weighted by atomic mass is 19.1. The zero-order valence-electron chi connectivity index (χ0n) is 32.0. The molecule has 5 aromatic rings. The topological polar surface area (TPSA) is 150 Å². The lowest BCUT2D eigenvalue weighted by molar-refractivity contribution is -0.137. The number of ether oxygens (including phenoxy) is 2. The first-order valence-corrected chi connectivity index (χ1v) is 19.2. The number of nitrogens with zero attached hydrogens (tertiary/aromatic N) is 2. The Labute approximate surface area is 335 Å². The van der Waals surface area contributed by atoms with Crippen molar-refractivity contribution in [2.24, 2.45) is 0 Å². The van der Waals surface area contributed by atoms with Crippen LogP contribution >= 0.6 is 0 Å². The predicted molar refractivity (Wildman–Crippen MR) is 215 cm³/mol. The highest BCUT2D eigenvalue weighted by Gasteiger charge is 2.40. The normalized spacial score (nSPS) is 14.7. The molecule has 3 N–H and O–H groups in total. The van der Waals surface area contributed by atoms with E-state index in [4.69, 9.17) is 9.47 Å². The highest BCUT2D eigenvalue weighted by Crippen LogP contribution is 2.33. The third kappa shape index (κ3) is 9.06. The van der Waals surface area contributed by atoms with Crippen LogP contribution in [0.3, 0.4) is 0 Å². The van der Waals surface area contributed by atoms with Crippen molar-refractivity contribution < 1.29 is 33.0 Å². The van der Waals surface area contributed by atoms with Gasteiger partial charge in [-0.05, 0) is 85.0 Å². The van der Waals surface area contributed by atoms with Crippen LogP contribution in [-0.4, -0.2) is 41.1 Å². The van der Waals surface area contributed by atoms with Crippen molar-refractivity contribution in [2.75, 3.05) is 11.9 Å². The maximum absolute atomic E-state index is 14.6. The summed E-state index contributed by atoms with van der Waals surface area (Å²) in [7, 11) is 0. The fraction of sp³-hybridized carbons (Fsp3) is 0.239. The molecule has 1 unspecified atom stereocenters. The minimum atomic E-state index is -0.739. The van der Waals surface area contributed by atoms with Crippen LogP contribution < -0.4 is 25.4 Å². The van der Waals surface area contributed by atoms with Crippen LogP contribution in [0.2, 0.25) is 0 Å². The number of piperidine rings is 1. The Morgan fingerprint density at radius 1 is 0.897 bits per heavy atom. The SMILES string of the molecule is Cc1c(COc2ccc(CNCCCC(=O)Nc3cccc4c3CN(C3CCC(=O)NC3=O)C4=O)c(OCc3cccc(C#N)c3)c2)cccc1-c1ccccc1F. The molecule has 0 saturated carbocycles. The van der Waals surface area contributed by atoms with Crippen molar-refractivity contribution in [3.05, 3.63) is 148 Å². The van der Waals surface area contributed by atoms with E-state index in [1.165, 1.54) is 11.0 Å². The van der Waals surface area contributed by atoms with Gasteiger partial charge in [0.1, 0.15) is 36.6 Å². The molecular formula is C46H42FN5O6. The molecule has 5 aromatic carbocycles. The van der Waals surface area contributed by atoms with E-state index in [1.807, 2.05) is 61.5 Å². The molecule has 4 amide bonds. The Bertz CT molecular complexity index is 2430. The number of halogens is 1. The second-order valence-electron chi connectivity index (χ2n) is 14.3. The second-order valence-corrected chi connectivity index (χ2v) is 14.3. The monoisotopic (exact) mass is 779 g/mol. The minimum absolute atomic E-state index is 0.163. The van der Waals surface area contributed by atoms with Gasteiger partial charge in [-0.15, -0.1) is 0 Å². The van der Waals surface area contributed by atoms with Crippen LogP contribution in [-0.2, 0) is 40.7 Å². The van der Waals surface area contributed by atoms with Gasteiger partial charge in [-0.1, -0.05) is 60.7 Å². The molecule has 58 heavy (non-hydrogen) atoms. The van der Waals surface area contributed by atoms with Crippen molar-refractivity contribution >= 4 is 29.3 Å². The summed E-state index contributed by atoms with van der Waals surface area (Å²) in [5, 5.41) is 18.0. The Morgan fingerprint density at radius 2 is 1.69 bits per heavy atom. The molecule has 11 nitrogen and oxygen atoms in total. The van der Waals surface area contributed by atoms with Crippen LogP contribution in [0.15, 0.2) is 103 Å². The van der Waals surface area contributed by atoms with Crippen LogP contribution in [0.25, 0.3) is 11.1 Å². The third-order valence-corrected chi connectivity index (χ3v) is 10.4. The number of carbonyl (C=O) groups excluding carboxylic acids is 4. The minimum Gasteiger partial charge on any atom is -0.489 e. The Kier molecular flexibility index (Phi) is 12.2. The molecule has 2 heterocycles. The van der Waals surface area contributed by atoms with Crippen molar-refractivity contribution in [1.82, 2.24) is 15.5 Å². The maximum atomic E-state index is 14.6. The number of benzene rings is 5. The molecule has 1 saturated heterocycles. The number of rotatable bonds is 15. The number of hydrogen-bond acceptors (Lipinski definition) is 8. The quantitative estimate of drug-likeness (QED) is 0.0753. The van der Waals surface area contributed by atoms with Crippen LogP contribution in [0, 0.1) is 24.1 Å². The van der Waals surface area contributed by atoms with E-state index in [-0.39, 0.29) is 62.6 Å². The molecule has 0 aliphatic carbocycles. The highest BCUT2D eigenvalue weighted by molar-refractivity contribution is 6.06. The van der Waals surface area contributed by atoms with Gasteiger partial charge in [0, 0.05) is 59.9 Å². The number of carbonyl (C=O) groups is 4. The Hall–Kier alpha value is -6.84. The standard InChI is InChI=1S/C46H42FN5O6/c1-29-33(10-5-12-35(29)36-11-2-3-14-39(36)47)28-57-34-18-17-32(42(23-34)58-27-31-9-4-8-30(22-31)24-48)25-49-21-7-16-43(53)50-40-15-6-13-37-38(40)26-52(46(37)56)41-19-20-44(54)51-45(41)55/h2-6,8-15,17-18,22-23,41,49H,7,16,19-21,25-28H2,1H3,(H,50,53)(H,51,54,55). The summed E-state index contributed by atoms with van der Waals surface area (Å²) in [6.45, 7) is 3.59. The number of amides is 4. The molecule has 0 spiro atoms. The lowest BCUT2D eigenvalue weighted by atomic mass is 9.96. The van der Waals surface area contributed by atoms with E-state index < -0.39 is 11.9 Å². The summed E-state index contributed by atoms with van der Waals surface area (Å²) < 4.78 is 27.2. The Balaban J connectivity index is 0.958. The first-order chi connectivity index (χ1) is 28.2. The van der Waals surface area contributed by atoms with E-state index in [0.29, 0.717) is 59.0 Å². The van der Waals surface area contributed by atoms with Crippen LogP contribution in [0.1, 0.15) is 69.4 Å². The molecule has 12 heteroatoms. The van der Waals surface area contributed by atoms with E-state index in [2.05, 4.69) is 22.0 Å². The Morgan fingerprint density at radius 3 is 2.52 bits per heavy atom. The number of nitrogens with one attached hydrogen (secondary N) is 3. The number of hydrogen-bond donors (Lipinski definition) is 3. The predicted octanol–water partition coefficient (Wildman–Crippen LogP) is 7.10. The largest absolute Gasteiger partial charge is 0.489 e. The van der Waals surface area contributed by atoms with Gasteiger partial charge >= 0.3 is 0 Å². The van der Waals surface area contributed by atoms with Gasteiger partial charge in [0.2, 0.25) is 17.7 Å². The van der Waals surface area contributed by atoms with Gasteiger partial charge in [0.05, 0.1) is 11.6 Å². The van der Waals surface area contributed by atoms with Gasteiger partial charge in [0.25, 0.3) is 5.91 Å². The molecule has 1 atom stereocenters. The molecule has 0 aromatic heterocycles. The van der Waals surface area contributed by atoms with Crippen molar-refractivity contribution in [3.8, 4) is 28.7 Å². The molecule has 2 aliphatic rings. The summed E-state index contributed by atoms with van der Waals surface area (Å²) in [5.74, 6) is -0.441. The van der Waals surface area contributed by atoms with E-state index in [9.17, 15) is 28.8 Å². The molecule has 294 valence electrons. The van der Waals surface area contributed by atoms with Crippen LogP contribution in [0.4, 0.5) is 10.1 Å². The fourth-order valence-electron chi connectivity index (χ4n) is 7.28. The first-order valence-electron chi connectivity index (χ1n) is 19.2. The molecular weight excluding hydrogens is 738 g/mol. The fourth-order valence-corrected chi connectivity index (χ4v) is 7.28. The molecule has 1 fully saturated rings. The number of imide groups is 1. The number of fused-ring (bicyclic) bond motifs is 1. The van der Waals surface area contributed by atoms with E-state index >= 15 is 0 Å². The van der Waals surface area contributed by atoms with Gasteiger partial charge in [-0.3, -0.25) is 24.5 Å². The van der Waals surface area contributed by atoms with E-state index in [1.54, 1.807) is 42.5 Å². The average molecular weight is 780 g/mol. The van der Waals surface area contributed by atoms with E-state index in [0.717, 1.165) is 27.8 Å². The van der Waals surface area contributed by atoms with Crippen molar-refractivity contribution in [3.63, 3.8) is 0 Å².